The van der Waals surface area contributed by atoms with Crippen molar-refractivity contribution in [2.24, 2.45) is 5.73 Å². The van der Waals surface area contributed by atoms with E-state index >= 15 is 0 Å². The number of thioether (sulfide) groups is 1. The lowest BCUT2D eigenvalue weighted by molar-refractivity contribution is -0.149. The minimum atomic E-state index is -0.878. The Morgan fingerprint density at radius 1 is 1.40 bits per heavy atom. The summed E-state index contributed by atoms with van der Waals surface area (Å²) in [6.45, 7) is 3.89. The second-order valence-corrected chi connectivity index (χ2v) is 6.46. The highest BCUT2D eigenvalue weighted by molar-refractivity contribution is 7.98. The third-order valence-electron chi connectivity index (χ3n) is 2.91. The Morgan fingerprint density at radius 2 is 2.05 bits per heavy atom. The van der Waals surface area contributed by atoms with Crippen LogP contribution in [-0.4, -0.2) is 23.9 Å². The molecular formula is C15H22ClNO2S. The number of nitrogens with two attached hydrogens (primary N) is 1. The van der Waals surface area contributed by atoms with Gasteiger partial charge < -0.3 is 10.5 Å². The van der Waals surface area contributed by atoms with Crippen LogP contribution in [0.3, 0.4) is 0 Å². The molecule has 1 atom stereocenters. The van der Waals surface area contributed by atoms with Crippen LogP contribution in [0.15, 0.2) is 24.3 Å². The van der Waals surface area contributed by atoms with E-state index in [-0.39, 0.29) is 5.97 Å². The predicted molar refractivity (Wildman–Crippen MR) is 86.1 cm³/mol. The number of halogens is 1. The number of hydrogen-bond donors (Lipinski definition) is 1. The van der Waals surface area contributed by atoms with Crippen molar-refractivity contribution >= 4 is 29.3 Å². The van der Waals surface area contributed by atoms with Crippen LogP contribution < -0.4 is 5.73 Å². The largest absolute Gasteiger partial charge is 0.465 e. The van der Waals surface area contributed by atoms with Crippen LogP contribution in [0.2, 0.25) is 5.02 Å². The molecule has 0 aliphatic heterocycles. The topological polar surface area (TPSA) is 52.3 Å². The summed E-state index contributed by atoms with van der Waals surface area (Å²) in [6, 6.07) is 7.85. The van der Waals surface area contributed by atoms with E-state index in [4.69, 9.17) is 22.1 Å². The summed E-state index contributed by atoms with van der Waals surface area (Å²) in [5.74, 6) is 1.59. The molecule has 112 valence electrons. The van der Waals surface area contributed by atoms with Crippen LogP contribution >= 0.6 is 23.4 Å². The molecule has 1 aromatic carbocycles. The highest BCUT2D eigenvalue weighted by atomic mass is 35.5. The van der Waals surface area contributed by atoms with Gasteiger partial charge in [-0.25, -0.2) is 0 Å². The van der Waals surface area contributed by atoms with Gasteiger partial charge in [0.05, 0.1) is 6.61 Å². The molecule has 0 spiro atoms. The number of carbonyl (C=O) groups excluding carboxylic acids is 1. The van der Waals surface area contributed by atoms with Crippen molar-refractivity contribution in [3.8, 4) is 0 Å². The summed E-state index contributed by atoms with van der Waals surface area (Å²) in [5, 5.41) is 0.757. The van der Waals surface area contributed by atoms with Gasteiger partial charge in [-0.15, -0.1) is 0 Å². The molecule has 0 radical (unpaired) electrons. The van der Waals surface area contributed by atoms with Crippen molar-refractivity contribution in [1.29, 1.82) is 0 Å². The van der Waals surface area contributed by atoms with E-state index < -0.39 is 5.54 Å². The van der Waals surface area contributed by atoms with Crippen LogP contribution in [-0.2, 0) is 15.3 Å². The van der Waals surface area contributed by atoms with Gasteiger partial charge >= 0.3 is 5.97 Å². The van der Waals surface area contributed by atoms with E-state index in [1.54, 1.807) is 13.8 Å². The monoisotopic (exact) mass is 315 g/mol. The smallest absolute Gasteiger partial charge is 0.325 e. The maximum atomic E-state index is 11.6. The number of carbonyl (C=O) groups is 1. The molecule has 0 aliphatic carbocycles. The summed E-state index contributed by atoms with van der Waals surface area (Å²) in [4.78, 5) is 11.6. The van der Waals surface area contributed by atoms with E-state index in [1.807, 2.05) is 36.0 Å². The predicted octanol–water partition coefficient (Wildman–Crippen LogP) is 3.63. The average Bonchev–Trinajstić information content (AvgIpc) is 2.40. The van der Waals surface area contributed by atoms with Crippen LogP contribution in [0.1, 0.15) is 32.3 Å². The average molecular weight is 316 g/mol. The molecule has 0 bridgehead atoms. The maximum Gasteiger partial charge on any atom is 0.325 e. The van der Waals surface area contributed by atoms with Crippen LogP contribution in [0.25, 0.3) is 0 Å². The van der Waals surface area contributed by atoms with Crippen LogP contribution in [0.5, 0.6) is 0 Å². The van der Waals surface area contributed by atoms with Gasteiger partial charge in [0.15, 0.2) is 0 Å². The van der Waals surface area contributed by atoms with Crippen LogP contribution in [0.4, 0.5) is 0 Å². The van der Waals surface area contributed by atoms with Crippen molar-refractivity contribution in [2.75, 3.05) is 12.4 Å². The first-order chi connectivity index (χ1) is 9.45. The van der Waals surface area contributed by atoms with Crippen LogP contribution in [0, 0.1) is 0 Å². The summed E-state index contributed by atoms with van der Waals surface area (Å²) < 4.78 is 4.96. The van der Waals surface area contributed by atoms with E-state index in [1.165, 1.54) is 5.56 Å². The molecule has 20 heavy (non-hydrogen) atoms. The van der Waals surface area contributed by atoms with Gasteiger partial charge in [0.2, 0.25) is 0 Å². The van der Waals surface area contributed by atoms with Gasteiger partial charge in [-0.05, 0) is 50.1 Å². The normalized spacial score (nSPS) is 13.8. The fraction of sp³-hybridized carbons (Fsp3) is 0.533. The molecule has 1 rings (SSSR count). The zero-order valence-corrected chi connectivity index (χ0v) is 13.6. The number of ether oxygens (including phenoxy) is 1. The molecule has 5 heteroatoms. The second-order valence-electron chi connectivity index (χ2n) is 4.92. The Kier molecular flexibility index (Phi) is 7.41. The summed E-state index contributed by atoms with van der Waals surface area (Å²) in [5.41, 5.74) is 6.33. The first kappa shape index (κ1) is 17.3. The highest BCUT2D eigenvalue weighted by Crippen LogP contribution is 2.18. The molecule has 0 aromatic heterocycles. The lowest BCUT2D eigenvalue weighted by atomic mass is 9.98. The third-order valence-corrected chi connectivity index (χ3v) is 4.28. The Balaban J connectivity index is 2.21. The first-order valence-electron chi connectivity index (χ1n) is 6.74. The number of hydrogen-bond acceptors (Lipinski definition) is 4. The number of benzene rings is 1. The lowest BCUT2D eigenvalue weighted by Gasteiger charge is -2.21. The SMILES string of the molecule is CCOC(=O)C(C)(N)CCCSCc1ccc(Cl)cc1. The zero-order valence-electron chi connectivity index (χ0n) is 12.0. The standard InChI is InChI=1S/C15H22ClNO2S/c1-3-19-14(18)15(2,17)9-4-10-20-11-12-5-7-13(16)8-6-12/h5-8H,3-4,9-11,17H2,1-2H3. The number of rotatable bonds is 8. The van der Waals surface area contributed by atoms with E-state index in [0.29, 0.717) is 13.0 Å². The number of esters is 1. The third kappa shape index (κ3) is 6.16. The summed E-state index contributed by atoms with van der Waals surface area (Å²) in [6.07, 6.45) is 1.53. The fourth-order valence-corrected chi connectivity index (χ4v) is 2.76. The molecule has 0 saturated carbocycles. The van der Waals surface area contributed by atoms with E-state index in [2.05, 4.69) is 0 Å². The molecule has 0 aliphatic rings. The van der Waals surface area contributed by atoms with E-state index in [0.717, 1.165) is 22.9 Å². The summed E-state index contributed by atoms with van der Waals surface area (Å²) in [7, 11) is 0. The van der Waals surface area contributed by atoms with Gasteiger partial charge in [-0.1, -0.05) is 23.7 Å². The van der Waals surface area contributed by atoms with Crippen molar-refractivity contribution in [3.63, 3.8) is 0 Å². The fourth-order valence-electron chi connectivity index (χ4n) is 1.71. The van der Waals surface area contributed by atoms with Gasteiger partial charge in [0.1, 0.15) is 5.54 Å². The molecule has 0 saturated heterocycles. The second kappa shape index (κ2) is 8.55. The molecule has 2 N–H and O–H groups in total. The Hall–Kier alpha value is -0.710. The molecule has 0 fully saturated rings. The molecular weight excluding hydrogens is 294 g/mol. The lowest BCUT2D eigenvalue weighted by Crippen LogP contribution is -2.46. The molecule has 3 nitrogen and oxygen atoms in total. The van der Waals surface area contributed by atoms with E-state index in [9.17, 15) is 4.79 Å². The van der Waals surface area contributed by atoms with Gasteiger partial charge in [0.25, 0.3) is 0 Å². The molecule has 0 heterocycles. The van der Waals surface area contributed by atoms with Crippen molar-refractivity contribution in [2.45, 2.75) is 38.0 Å². The van der Waals surface area contributed by atoms with Gasteiger partial charge in [-0.2, -0.15) is 11.8 Å². The molecule has 0 amide bonds. The Labute approximate surface area is 130 Å². The quantitative estimate of drug-likeness (QED) is 0.588. The van der Waals surface area contributed by atoms with Crippen molar-refractivity contribution < 1.29 is 9.53 Å². The van der Waals surface area contributed by atoms with Gasteiger partial charge in [0, 0.05) is 10.8 Å². The highest BCUT2D eigenvalue weighted by Gasteiger charge is 2.28. The maximum absolute atomic E-state index is 11.6. The zero-order chi connectivity index (χ0) is 15.0. The summed E-state index contributed by atoms with van der Waals surface area (Å²) >= 11 is 7.66. The Bertz CT molecular complexity index is 420. The van der Waals surface area contributed by atoms with Crippen molar-refractivity contribution in [3.05, 3.63) is 34.9 Å². The minimum Gasteiger partial charge on any atom is -0.465 e. The molecule has 1 aromatic rings. The minimum absolute atomic E-state index is 0.317. The van der Waals surface area contributed by atoms with Crippen molar-refractivity contribution in [1.82, 2.24) is 0 Å². The molecule has 1 unspecified atom stereocenters. The first-order valence-corrected chi connectivity index (χ1v) is 8.27. The van der Waals surface area contributed by atoms with Gasteiger partial charge in [-0.3, -0.25) is 4.79 Å². The Morgan fingerprint density at radius 3 is 2.65 bits per heavy atom.